The van der Waals surface area contributed by atoms with E-state index in [0.29, 0.717) is 6.61 Å². The summed E-state index contributed by atoms with van der Waals surface area (Å²) in [6.07, 6.45) is 0.750. The lowest BCUT2D eigenvalue weighted by molar-refractivity contribution is 0.0814. The van der Waals surface area contributed by atoms with Crippen LogP contribution in [-0.2, 0) is 11.2 Å². The molecule has 94 valence electrons. The van der Waals surface area contributed by atoms with Gasteiger partial charge in [-0.25, -0.2) is 4.39 Å². The van der Waals surface area contributed by atoms with Crippen LogP contribution in [0.4, 0.5) is 4.39 Å². The van der Waals surface area contributed by atoms with Gasteiger partial charge in [0.05, 0.1) is 6.61 Å². The SMILES string of the molecule is Fc1ccc(C#CC2OCCc3ccccc32)cc1. The second-order valence-corrected chi connectivity index (χ2v) is 4.48. The van der Waals surface area contributed by atoms with Gasteiger partial charge in [0.1, 0.15) is 11.9 Å². The Labute approximate surface area is 112 Å². The second-order valence-electron chi connectivity index (χ2n) is 4.48. The Morgan fingerprint density at radius 3 is 2.68 bits per heavy atom. The van der Waals surface area contributed by atoms with E-state index in [4.69, 9.17) is 4.74 Å². The number of hydrogen-bond donors (Lipinski definition) is 0. The van der Waals surface area contributed by atoms with Gasteiger partial charge in [0.2, 0.25) is 0 Å². The molecule has 0 spiro atoms. The summed E-state index contributed by atoms with van der Waals surface area (Å²) in [6.45, 7) is 0.694. The quantitative estimate of drug-likeness (QED) is 0.652. The first kappa shape index (κ1) is 12.0. The Kier molecular flexibility index (Phi) is 3.31. The van der Waals surface area contributed by atoms with Crippen LogP contribution in [0.25, 0.3) is 0 Å². The highest BCUT2D eigenvalue weighted by Crippen LogP contribution is 2.26. The van der Waals surface area contributed by atoms with Crippen LogP contribution in [0.5, 0.6) is 0 Å². The van der Waals surface area contributed by atoms with Gasteiger partial charge in [-0.3, -0.25) is 0 Å². The molecule has 1 aliphatic rings. The lowest BCUT2D eigenvalue weighted by Gasteiger charge is -2.21. The minimum Gasteiger partial charge on any atom is -0.360 e. The highest BCUT2D eigenvalue weighted by atomic mass is 19.1. The molecule has 1 atom stereocenters. The predicted molar refractivity (Wildman–Crippen MR) is 72.1 cm³/mol. The molecule has 0 N–H and O–H groups in total. The third-order valence-corrected chi connectivity index (χ3v) is 3.19. The summed E-state index contributed by atoms with van der Waals surface area (Å²) in [5.41, 5.74) is 3.24. The van der Waals surface area contributed by atoms with Gasteiger partial charge in [-0.05, 0) is 41.8 Å². The van der Waals surface area contributed by atoms with Crippen LogP contribution in [-0.4, -0.2) is 6.61 Å². The summed E-state index contributed by atoms with van der Waals surface area (Å²) < 4.78 is 18.5. The molecule has 0 fully saturated rings. The summed E-state index contributed by atoms with van der Waals surface area (Å²) in [5.74, 6) is 5.91. The largest absolute Gasteiger partial charge is 0.360 e. The number of hydrogen-bond acceptors (Lipinski definition) is 1. The fourth-order valence-corrected chi connectivity index (χ4v) is 2.20. The molecule has 3 rings (SSSR count). The van der Waals surface area contributed by atoms with Crippen molar-refractivity contribution in [1.82, 2.24) is 0 Å². The minimum atomic E-state index is -0.246. The van der Waals surface area contributed by atoms with Crippen LogP contribution in [0, 0.1) is 17.7 Å². The van der Waals surface area contributed by atoms with E-state index in [1.54, 1.807) is 12.1 Å². The predicted octanol–water partition coefficient (Wildman–Crippen LogP) is 3.49. The molecule has 0 radical (unpaired) electrons. The zero-order valence-corrected chi connectivity index (χ0v) is 10.4. The van der Waals surface area contributed by atoms with Crippen molar-refractivity contribution in [3.8, 4) is 11.8 Å². The summed E-state index contributed by atoms with van der Waals surface area (Å²) >= 11 is 0. The van der Waals surface area contributed by atoms with Gasteiger partial charge in [-0.1, -0.05) is 36.1 Å². The monoisotopic (exact) mass is 252 g/mol. The first-order valence-corrected chi connectivity index (χ1v) is 6.29. The van der Waals surface area contributed by atoms with Crippen molar-refractivity contribution in [2.45, 2.75) is 12.5 Å². The van der Waals surface area contributed by atoms with Crippen LogP contribution >= 0.6 is 0 Å². The molecule has 0 saturated heterocycles. The standard InChI is InChI=1S/C17H13FO/c18-15-8-5-13(6-9-15)7-10-17-16-4-2-1-3-14(16)11-12-19-17/h1-6,8-9,17H,11-12H2. The molecule has 2 aromatic carbocycles. The van der Waals surface area contributed by atoms with Crippen molar-refractivity contribution in [2.75, 3.05) is 6.61 Å². The van der Waals surface area contributed by atoms with E-state index in [0.717, 1.165) is 17.5 Å². The van der Waals surface area contributed by atoms with Crippen LogP contribution < -0.4 is 0 Å². The van der Waals surface area contributed by atoms with Crippen molar-refractivity contribution in [3.05, 3.63) is 71.0 Å². The molecule has 0 amide bonds. The van der Waals surface area contributed by atoms with Crippen molar-refractivity contribution < 1.29 is 9.13 Å². The fraction of sp³-hybridized carbons (Fsp3) is 0.176. The zero-order valence-electron chi connectivity index (χ0n) is 10.4. The first-order valence-electron chi connectivity index (χ1n) is 6.29. The summed E-state index contributed by atoms with van der Waals surface area (Å²) in [7, 11) is 0. The molecule has 2 aromatic rings. The molecular formula is C17H13FO. The van der Waals surface area contributed by atoms with Gasteiger partial charge in [-0.15, -0.1) is 0 Å². The van der Waals surface area contributed by atoms with E-state index < -0.39 is 0 Å². The first-order chi connectivity index (χ1) is 9.33. The Bertz CT molecular complexity index is 634. The van der Waals surface area contributed by atoms with Gasteiger partial charge >= 0.3 is 0 Å². The molecule has 2 heteroatoms. The molecule has 1 aliphatic heterocycles. The number of fused-ring (bicyclic) bond motifs is 1. The van der Waals surface area contributed by atoms with Crippen LogP contribution in [0.3, 0.4) is 0 Å². The summed E-state index contributed by atoms with van der Waals surface area (Å²) in [4.78, 5) is 0. The van der Waals surface area contributed by atoms with Crippen molar-refractivity contribution in [1.29, 1.82) is 0 Å². The summed E-state index contributed by atoms with van der Waals surface area (Å²) in [5, 5.41) is 0. The van der Waals surface area contributed by atoms with Gasteiger partial charge in [0, 0.05) is 5.56 Å². The van der Waals surface area contributed by atoms with Gasteiger partial charge in [-0.2, -0.15) is 0 Å². The maximum absolute atomic E-state index is 12.8. The molecular weight excluding hydrogens is 239 g/mol. The van der Waals surface area contributed by atoms with Crippen molar-refractivity contribution >= 4 is 0 Å². The number of ether oxygens (including phenoxy) is 1. The Hall–Kier alpha value is -2.11. The maximum atomic E-state index is 12.8. The lowest BCUT2D eigenvalue weighted by atomic mass is 9.98. The van der Waals surface area contributed by atoms with Crippen LogP contribution in [0.15, 0.2) is 48.5 Å². The average Bonchev–Trinajstić information content (AvgIpc) is 2.47. The summed E-state index contributed by atoms with van der Waals surface area (Å²) in [6, 6.07) is 14.4. The molecule has 1 unspecified atom stereocenters. The molecule has 0 aliphatic carbocycles. The minimum absolute atomic E-state index is 0.185. The Balaban J connectivity index is 1.87. The van der Waals surface area contributed by atoms with Crippen molar-refractivity contribution in [2.24, 2.45) is 0 Å². The third kappa shape index (κ3) is 2.67. The van der Waals surface area contributed by atoms with Gasteiger partial charge in [0.15, 0.2) is 0 Å². The smallest absolute Gasteiger partial charge is 0.144 e. The zero-order chi connectivity index (χ0) is 13.1. The highest BCUT2D eigenvalue weighted by molar-refractivity contribution is 5.40. The molecule has 19 heavy (non-hydrogen) atoms. The molecule has 1 heterocycles. The van der Waals surface area contributed by atoms with Gasteiger partial charge in [0.25, 0.3) is 0 Å². The van der Waals surface area contributed by atoms with Crippen molar-refractivity contribution in [3.63, 3.8) is 0 Å². The van der Waals surface area contributed by atoms with Crippen LogP contribution in [0.1, 0.15) is 22.8 Å². The molecule has 0 aromatic heterocycles. The highest BCUT2D eigenvalue weighted by Gasteiger charge is 2.17. The Morgan fingerprint density at radius 2 is 1.84 bits per heavy atom. The van der Waals surface area contributed by atoms with E-state index in [9.17, 15) is 4.39 Å². The topological polar surface area (TPSA) is 9.23 Å². The van der Waals surface area contributed by atoms with E-state index in [2.05, 4.69) is 24.0 Å². The van der Waals surface area contributed by atoms with Gasteiger partial charge < -0.3 is 4.74 Å². The Morgan fingerprint density at radius 1 is 1.05 bits per heavy atom. The van der Waals surface area contributed by atoms with Crippen LogP contribution in [0.2, 0.25) is 0 Å². The maximum Gasteiger partial charge on any atom is 0.144 e. The van der Waals surface area contributed by atoms with E-state index in [1.165, 1.54) is 17.7 Å². The number of benzene rings is 2. The normalized spacial score (nSPS) is 17.2. The van der Waals surface area contributed by atoms with E-state index in [1.807, 2.05) is 12.1 Å². The average molecular weight is 252 g/mol. The lowest BCUT2D eigenvalue weighted by Crippen LogP contribution is -2.14. The number of halogens is 1. The molecule has 0 bridgehead atoms. The third-order valence-electron chi connectivity index (χ3n) is 3.19. The second kappa shape index (κ2) is 5.26. The number of rotatable bonds is 0. The molecule has 1 nitrogen and oxygen atoms in total. The fourth-order valence-electron chi connectivity index (χ4n) is 2.20. The molecule has 0 saturated carbocycles. The van der Waals surface area contributed by atoms with E-state index >= 15 is 0 Å². The van der Waals surface area contributed by atoms with E-state index in [-0.39, 0.29) is 11.9 Å².